The third-order valence-electron chi connectivity index (χ3n) is 2.79. The predicted molar refractivity (Wildman–Crippen MR) is 71.3 cm³/mol. The molecular formula is C15H15FN2O. The molecule has 0 aliphatic carbocycles. The van der Waals surface area contributed by atoms with Gasteiger partial charge in [-0.1, -0.05) is 17.7 Å². The number of rotatable bonds is 3. The van der Waals surface area contributed by atoms with E-state index in [0.717, 1.165) is 16.8 Å². The third-order valence-corrected chi connectivity index (χ3v) is 2.79. The summed E-state index contributed by atoms with van der Waals surface area (Å²) < 4.78 is 13.5. The minimum absolute atomic E-state index is 0.0695. The van der Waals surface area contributed by atoms with E-state index in [1.165, 1.54) is 12.1 Å². The molecule has 0 fully saturated rings. The maximum absolute atomic E-state index is 13.5. The SMILES string of the molecule is Cc1ccc(F)c(C(=O)NCc2ccc(C)nc2)c1. The van der Waals surface area contributed by atoms with E-state index in [1.54, 1.807) is 12.3 Å². The largest absolute Gasteiger partial charge is 0.348 e. The van der Waals surface area contributed by atoms with Crippen LogP contribution in [0.3, 0.4) is 0 Å². The molecule has 0 radical (unpaired) electrons. The van der Waals surface area contributed by atoms with Gasteiger partial charge in [-0.15, -0.1) is 0 Å². The standard InChI is InChI=1S/C15H15FN2O/c1-10-3-6-14(16)13(7-10)15(19)18-9-12-5-4-11(2)17-8-12/h3-8H,9H2,1-2H3,(H,18,19). The van der Waals surface area contributed by atoms with Crippen molar-refractivity contribution in [2.45, 2.75) is 20.4 Å². The second kappa shape index (κ2) is 5.61. The summed E-state index contributed by atoms with van der Waals surface area (Å²) >= 11 is 0. The lowest BCUT2D eigenvalue weighted by Crippen LogP contribution is -2.24. The van der Waals surface area contributed by atoms with E-state index in [-0.39, 0.29) is 5.56 Å². The first kappa shape index (κ1) is 13.2. The van der Waals surface area contributed by atoms with Gasteiger partial charge in [-0.25, -0.2) is 4.39 Å². The van der Waals surface area contributed by atoms with Gasteiger partial charge < -0.3 is 5.32 Å². The highest BCUT2D eigenvalue weighted by Gasteiger charge is 2.11. The lowest BCUT2D eigenvalue weighted by molar-refractivity contribution is 0.0946. The number of nitrogens with zero attached hydrogens (tertiary/aromatic N) is 1. The monoisotopic (exact) mass is 258 g/mol. The molecule has 0 saturated heterocycles. The maximum Gasteiger partial charge on any atom is 0.254 e. The zero-order chi connectivity index (χ0) is 13.8. The van der Waals surface area contributed by atoms with Crippen LogP contribution in [0.5, 0.6) is 0 Å². The van der Waals surface area contributed by atoms with Crippen molar-refractivity contribution in [1.29, 1.82) is 0 Å². The average Bonchev–Trinajstić information content (AvgIpc) is 2.40. The zero-order valence-electron chi connectivity index (χ0n) is 10.9. The Labute approximate surface area is 111 Å². The highest BCUT2D eigenvalue weighted by molar-refractivity contribution is 5.94. The molecule has 0 unspecified atom stereocenters. The first-order chi connectivity index (χ1) is 9.06. The Kier molecular flexibility index (Phi) is 3.90. The van der Waals surface area contributed by atoms with Gasteiger partial charge in [-0.3, -0.25) is 9.78 Å². The van der Waals surface area contributed by atoms with E-state index in [9.17, 15) is 9.18 Å². The molecule has 0 bridgehead atoms. The Morgan fingerprint density at radius 1 is 1.26 bits per heavy atom. The van der Waals surface area contributed by atoms with Crippen LogP contribution in [-0.2, 0) is 6.54 Å². The number of pyridine rings is 1. The summed E-state index contributed by atoms with van der Waals surface area (Å²) in [6.07, 6.45) is 1.70. The number of hydrogen-bond acceptors (Lipinski definition) is 2. The van der Waals surface area contributed by atoms with Crippen molar-refractivity contribution in [3.8, 4) is 0 Å². The van der Waals surface area contributed by atoms with E-state index in [0.29, 0.717) is 6.54 Å². The molecule has 0 spiro atoms. The Morgan fingerprint density at radius 2 is 2.05 bits per heavy atom. The highest BCUT2D eigenvalue weighted by atomic mass is 19.1. The number of hydrogen-bond donors (Lipinski definition) is 1. The van der Waals surface area contributed by atoms with E-state index in [4.69, 9.17) is 0 Å². The van der Waals surface area contributed by atoms with Crippen LogP contribution in [0, 0.1) is 19.7 Å². The van der Waals surface area contributed by atoms with Crippen molar-refractivity contribution in [2.75, 3.05) is 0 Å². The molecule has 1 aromatic heterocycles. The number of aromatic nitrogens is 1. The molecule has 2 aromatic rings. The van der Waals surface area contributed by atoms with Gasteiger partial charge in [-0.2, -0.15) is 0 Å². The smallest absolute Gasteiger partial charge is 0.254 e. The highest BCUT2D eigenvalue weighted by Crippen LogP contribution is 2.10. The molecule has 1 heterocycles. The van der Waals surface area contributed by atoms with Crippen molar-refractivity contribution in [1.82, 2.24) is 10.3 Å². The van der Waals surface area contributed by atoms with Gasteiger partial charge in [0.1, 0.15) is 5.82 Å². The van der Waals surface area contributed by atoms with Gasteiger partial charge >= 0.3 is 0 Å². The molecule has 4 heteroatoms. The third kappa shape index (κ3) is 3.37. The average molecular weight is 258 g/mol. The summed E-state index contributed by atoms with van der Waals surface area (Å²) in [5.41, 5.74) is 2.72. The lowest BCUT2D eigenvalue weighted by Gasteiger charge is -2.07. The molecule has 98 valence electrons. The molecule has 0 atom stereocenters. The fraction of sp³-hybridized carbons (Fsp3) is 0.200. The van der Waals surface area contributed by atoms with Crippen LogP contribution in [0.15, 0.2) is 36.5 Å². The predicted octanol–water partition coefficient (Wildman–Crippen LogP) is 2.77. The molecule has 0 aliphatic rings. The quantitative estimate of drug-likeness (QED) is 0.919. The van der Waals surface area contributed by atoms with Crippen LogP contribution in [0.1, 0.15) is 27.2 Å². The number of nitrogens with one attached hydrogen (secondary N) is 1. The summed E-state index contributed by atoms with van der Waals surface area (Å²) in [6, 6.07) is 8.23. The van der Waals surface area contributed by atoms with Crippen LogP contribution in [0.2, 0.25) is 0 Å². The number of aryl methyl sites for hydroxylation is 2. The van der Waals surface area contributed by atoms with E-state index < -0.39 is 11.7 Å². The van der Waals surface area contributed by atoms with Crippen molar-refractivity contribution in [3.05, 3.63) is 64.7 Å². The molecule has 0 saturated carbocycles. The topological polar surface area (TPSA) is 42.0 Å². The molecule has 1 aromatic carbocycles. The summed E-state index contributed by atoms with van der Waals surface area (Å²) in [5.74, 6) is -0.924. The molecule has 19 heavy (non-hydrogen) atoms. The molecular weight excluding hydrogens is 243 g/mol. The fourth-order valence-electron chi connectivity index (χ4n) is 1.69. The maximum atomic E-state index is 13.5. The van der Waals surface area contributed by atoms with Crippen molar-refractivity contribution >= 4 is 5.91 Å². The van der Waals surface area contributed by atoms with Gasteiger partial charge in [0.15, 0.2) is 0 Å². The van der Waals surface area contributed by atoms with Gasteiger partial charge in [0.05, 0.1) is 5.56 Å². The van der Waals surface area contributed by atoms with E-state index in [1.807, 2.05) is 26.0 Å². The van der Waals surface area contributed by atoms with Crippen LogP contribution in [0.25, 0.3) is 0 Å². The summed E-state index contributed by atoms with van der Waals surface area (Å²) in [7, 11) is 0. The van der Waals surface area contributed by atoms with Gasteiger partial charge in [-0.05, 0) is 37.6 Å². The minimum Gasteiger partial charge on any atom is -0.348 e. The first-order valence-electron chi connectivity index (χ1n) is 6.02. The summed E-state index contributed by atoms with van der Waals surface area (Å²) in [4.78, 5) is 16.0. The molecule has 1 N–H and O–H groups in total. The number of benzene rings is 1. The molecule has 0 aliphatic heterocycles. The van der Waals surface area contributed by atoms with Crippen LogP contribution < -0.4 is 5.32 Å². The number of amides is 1. The Balaban J connectivity index is 2.05. The molecule has 1 amide bonds. The van der Waals surface area contributed by atoms with Crippen LogP contribution in [0.4, 0.5) is 4.39 Å². The van der Waals surface area contributed by atoms with Gasteiger partial charge in [0, 0.05) is 18.4 Å². The van der Waals surface area contributed by atoms with E-state index in [2.05, 4.69) is 10.3 Å². The van der Waals surface area contributed by atoms with Gasteiger partial charge in [0.25, 0.3) is 5.91 Å². The summed E-state index contributed by atoms with van der Waals surface area (Å²) in [5, 5.41) is 2.68. The number of carbonyl (C=O) groups is 1. The molecule has 2 rings (SSSR count). The number of halogens is 1. The minimum atomic E-state index is -0.509. The van der Waals surface area contributed by atoms with Gasteiger partial charge in [0.2, 0.25) is 0 Å². The zero-order valence-corrected chi connectivity index (χ0v) is 10.9. The lowest BCUT2D eigenvalue weighted by atomic mass is 10.1. The fourth-order valence-corrected chi connectivity index (χ4v) is 1.69. The van der Waals surface area contributed by atoms with Crippen molar-refractivity contribution < 1.29 is 9.18 Å². The van der Waals surface area contributed by atoms with Crippen LogP contribution >= 0.6 is 0 Å². The molecule has 3 nitrogen and oxygen atoms in total. The van der Waals surface area contributed by atoms with E-state index >= 15 is 0 Å². The van der Waals surface area contributed by atoms with Crippen LogP contribution in [-0.4, -0.2) is 10.9 Å². The summed E-state index contributed by atoms with van der Waals surface area (Å²) in [6.45, 7) is 4.05. The second-order valence-electron chi connectivity index (χ2n) is 4.47. The van der Waals surface area contributed by atoms with Crippen molar-refractivity contribution in [2.24, 2.45) is 0 Å². The second-order valence-corrected chi connectivity index (χ2v) is 4.47. The number of carbonyl (C=O) groups excluding carboxylic acids is 1. The Morgan fingerprint density at radius 3 is 2.74 bits per heavy atom. The van der Waals surface area contributed by atoms with Crippen molar-refractivity contribution in [3.63, 3.8) is 0 Å². The normalized spacial score (nSPS) is 10.3. The Hall–Kier alpha value is -2.23. The first-order valence-corrected chi connectivity index (χ1v) is 6.02. The Bertz CT molecular complexity index is 594.